The summed E-state index contributed by atoms with van der Waals surface area (Å²) in [5.41, 5.74) is 3.11. The van der Waals surface area contributed by atoms with Crippen LogP contribution in [0.15, 0.2) is 77.3 Å². The number of hydrogen-bond acceptors (Lipinski definition) is 4. The van der Waals surface area contributed by atoms with Crippen molar-refractivity contribution >= 4 is 39.4 Å². The first-order valence-corrected chi connectivity index (χ1v) is 10.5. The summed E-state index contributed by atoms with van der Waals surface area (Å²) >= 11 is 3.36. The lowest BCUT2D eigenvalue weighted by atomic mass is 9.93. The van der Waals surface area contributed by atoms with Crippen LogP contribution in [0.5, 0.6) is 0 Å². The van der Waals surface area contributed by atoms with Crippen molar-refractivity contribution in [3.8, 4) is 0 Å². The molecule has 1 aliphatic heterocycles. The van der Waals surface area contributed by atoms with E-state index < -0.39 is 12.1 Å². The molecule has 7 heteroatoms. The van der Waals surface area contributed by atoms with Crippen LogP contribution < -0.4 is 10.6 Å². The van der Waals surface area contributed by atoms with E-state index in [0.717, 1.165) is 15.6 Å². The number of fused-ring (bicyclic) bond motifs is 1. The number of carbonyl (C=O) groups is 3. The topological polar surface area (TPSA) is 84.5 Å². The SMILES string of the molecule is O=C(CNC(=O)c1ccc2c(c1)C[C@@H](c1ccccc1)OC2=O)Nc1ccccc1Br. The van der Waals surface area contributed by atoms with Crippen LogP contribution in [0.1, 0.15) is 37.9 Å². The first-order chi connectivity index (χ1) is 15.0. The van der Waals surface area contributed by atoms with Gasteiger partial charge in [-0.05, 0) is 57.4 Å². The number of nitrogens with one attached hydrogen (secondary N) is 2. The van der Waals surface area contributed by atoms with E-state index in [2.05, 4.69) is 26.6 Å². The number of amides is 2. The number of rotatable bonds is 5. The molecule has 1 atom stereocenters. The zero-order valence-corrected chi connectivity index (χ0v) is 18.0. The molecule has 0 fully saturated rings. The Morgan fingerprint density at radius 3 is 2.52 bits per heavy atom. The molecule has 0 bridgehead atoms. The summed E-state index contributed by atoms with van der Waals surface area (Å²) in [5, 5.41) is 5.35. The molecule has 0 aromatic heterocycles. The van der Waals surface area contributed by atoms with Crippen molar-refractivity contribution in [1.82, 2.24) is 5.32 Å². The average molecular weight is 479 g/mol. The second kappa shape index (κ2) is 9.14. The number of anilines is 1. The minimum Gasteiger partial charge on any atom is -0.454 e. The van der Waals surface area contributed by atoms with E-state index in [1.807, 2.05) is 42.5 Å². The lowest BCUT2D eigenvalue weighted by molar-refractivity contribution is -0.115. The molecule has 31 heavy (non-hydrogen) atoms. The first-order valence-electron chi connectivity index (χ1n) is 9.72. The molecule has 2 N–H and O–H groups in total. The quantitative estimate of drug-likeness (QED) is 0.536. The van der Waals surface area contributed by atoms with E-state index in [4.69, 9.17) is 4.74 Å². The lowest BCUT2D eigenvalue weighted by Crippen LogP contribution is -2.33. The summed E-state index contributed by atoms with van der Waals surface area (Å²) in [6.45, 7) is -0.175. The fourth-order valence-electron chi connectivity index (χ4n) is 3.41. The van der Waals surface area contributed by atoms with E-state index in [1.54, 1.807) is 30.3 Å². The van der Waals surface area contributed by atoms with Crippen LogP contribution in [0.25, 0.3) is 0 Å². The molecule has 0 radical (unpaired) electrons. The highest BCUT2D eigenvalue weighted by atomic mass is 79.9. The molecule has 156 valence electrons. The van der Waals surface area contributed by atoms with Gasteiger partial charge in [-0.3, -0.25) is 9.59 Å². The molecule has 0 saturated carbocycles. The van der Waals surface area contributed by atoms with Crippen LogP contribution in [-0.4, -0.2) is 24.3 Å². The third-order valence-electron chi connectivity index (χ3n) is 4.97. The number of benzene rings is 3. The summed E-state index contributed by atoms with van der Waals surface area (Å²) in [6, 6.07) is 21.6. The van der Waals surface area contributed by atoms with E-state index in [1.165, 1.54) is 0 Å². The zero-order chi connectivity index (χ0) is 21.8. The summed E-state index contributed by atoms with van der Waals surface area (Å²) in [5.74, 6) is -1.14. The van der Waals surface area contributed by atoms with E-state index in [0.29, 0.717) is 23.2 Å². The Bertz CT molecular complexity index is 1150. The molecular formula is C24H19BrN2O4. The number of hydrogen-bond donors (Lipinski definition) is 2. The Morgan fingerprint density at radius 1 is 1.00 bits per heavy atom. The Hall–Kier alpha value is -3.45. The number of para-hydroxylation sites is 1. The molecule has 0 spiro atoms. The highest BCUT2D eigenvalue weighted by Crippen LogP contribution is 2.31. The van der Waals surface area contributed by atoms with Crippen LogP contribution in [0.2, 0.25) is 0 Å². The third-order valence-corrected chi connectivity index (χ3v) is 5.66. The van der Waals surface area contributed by atoms with Crippen molar-refractivity contribution in [2.75, 3.05) is 11.9 Å². The Balaban J connectivity index is 1.42. The molecule has 0 saturated heterocycles. The minimum absolute atomic E-state index is 0.175. The van der Waals surface area contributed by atoms with Gasteiger partial charge in [0.05, 0.1) is 17.8 Å². The first kappa shape index (κ1) is 20.8. The molecule has 4 rings (SSSR count). The summed E-state index contributed by atoms with van der Waals surface area (Å²) < 4.78 is 6.30. The van der Waals surface area contributed by atoms with Gasteiger partial charge in [0.15, 0.2) is 0 Å². The number of esters is 1. The maximum Gasteiger partial charge on any atom is 0.339 e. The fourth-order valence-corrected chi connectivity index (χ4v) is 3.79. The molecule has 1 aliphatic rings. The van der Waals surface area contributed by atoms with Crippen molar-refractivity contribution in [3.05, 3.63) is 99.5 Å². The monoisotopic (exact) mass is 478 g/mol. The standard InChI is InChI=1S/C24H19BrN2O4/c25-19-8-4-5-9-20(19)27-22(28)14-26-23(29)16-10-11-18-17(12-16)13-21(31-24(18)30)15-6-2-1-3-7-15/h1-12,21H,13-14H2,(H,26,29)(H,27,28)/t21-/m0/s1. The second-order valence-electron chi connectivity index (χ2n) is 7.09. The number of cyclic esters (lactones) is 1. The maximum atomic E-state index is 12.6. The highest BCUT2D eigenvalue weighted by Gasteiger charge is 2.28. The number of halogens is 1. The maximum absolute atomic E-state index is 12.6. The molecule has 2 amide bonds. The molecule has 3 aromatic carbocycles. The van der Waals surface area contributed by atoms with Gasteiger partial charge in [0.1, 0.15) is 6.10 Å². The van der Waals surface area contributed by atoms with Gasteiger partial charge in [-0.1, -0.05) is 42.5 Å². The molecular weight excluding hydrogens is 460 g/mol. The van der Waals surface area contributed by atoms with E-state index in [9.17, 15) is 14.4 Å². The molecule has 0 aliphatic carbocycles. The lowest BCUT2D eigenvalue weighted by Gasteiger charge is -2.25. The van der Waals surface area contributed by atoms with Crippen LogP contribution in [0.3, 0.4) is 0 Å². The van der Waals surface area contributed by atoms with Crippen LogP contribution in [-0.2, 0) is 16.0 Å². The molecule has 6 nitrogen and oxygen atoms in total. The van der Waals surface area contributed by atoms with Gasteiger partial charge in [0.25, 0.3) is 5.91 Å². The summed E-state index contributed by atoms with van der Waals surface area (Å²) in [4.78, 5) is 37.1. The summed E-state index contributed by atoms with van der Waals surface area (Å²) in [6.07, 6.45) is 0.0870. The molecule has 1 heterocycles. The van der Waals surface area contributed by atoms with Crippen molar-refractivity contribution < 1.29 is 19.1 Å². The molecule has 3 aromatic rings. The Kier molecular flexibility index (Phi) is 6.13. The average Bonchev–Trinajstić information content (AvgIpc) is 2.79. The Morgan fingerprint density at radius 2 is 1.74 bits per heavy atom. The van der Waals surface area contributed by atoms with Crippen molar-refractivity contribution in [1.29, 1.82) is 0 Å². The predicted octanol–water partition coefficient (Wildman–Crippen LogP) is 4.27. The third kappa shape index (κ3) is 4.83. The van der Waals surface area contributed by atoms with Crippen molar-refractivity contribution in [2.24, 2.45) is 0 Å². The van der Waals surface area contributed by atoms with Gasteiger partial charge in [-0.25, -0.2) is 4.79 Å². The van der Waals surface area contributed by atoms with Gasteiger partial charge >= 0.3 is 5.97 Å². The second-order valence-corrected chi connectivity index (χ2v) is 7.95. The minimum atomic E-state index is -0.408. The normalized spacial score (nSPS) is 14.9. The van der Waals surface area contributed by atoms with Gasteiger partial charge in [0.2, 0.25) is 5.91 Å². The zero-order valence-electron chi connectivity index (χ0n) is 16.4. The van der Waals surface area contributed by atoms with Gasteiger partial charge < -0.3 is 15.4 Å². The van der Waals surface area contributed by atoms with Crippen LogP contribution >= 0.6 is 15.9 Å². The van der Waals surface area contributed by atoms with E-state index in [-0.39, 0.29) is 18.4 Å². The van der Waals surface area contributed by atoms with Crippen LogP contribution in [0, 0.1) is 0 Å². The molecule has 0 unspecified atom stereocenters. The van der Waals surface area contributed by atoms with Crippen molar-refractivity contribution in [3.63, 3.8) is 0 Å². The predicted molar refractivity (Wildman–Crippen MR) is 120 cm³/mol. The van der Waals surface area contributed by atoms with E-state index >= 15 is 0 Å². The number of carbonyl (C=O) groups excluding carboxylic acids is 3. The van der Waals surface area contributed by atoms with Gasteiger partial charge in [-0.15, -0.1) is 0 Å². The Labute approximate surface area is 187 Å². The van der Waals surface area contributed by atoms with Gasteiger partial charge in [0, 0.05) is 16.5 Å². The summed E-state index contributed by atoms with van der Waals surface area (Å²) in [7, 11) is 0. The fraction of sp³-hybridized carbons (Fsp3) is 0.125. The van der Waals surface area contributed by atoms with Gasteiger partial charge in [-0.2, -0.15) is 0 Å². The van der Waals surface area contributed by atoms with Crippen LogP contribution in [0.4, 0.5) is 5.69 Å². The smallest absolute Gasteiger partial charge is 0.339 e. The van der Waals surface area contributed by atoms with Crippen molar-refractivity contribution in [2.45, 2.75) is 12.5 Å². The number of ether oxygens (including phenoxy) is 1. The highest BCUT2D eigenvalue weighted by molar-refractivity contribution is 9.10. The largest absolute Gasteiger partial charge is 0.454 e.